The number of allylic oxidation sites excluding steroid dienone is 4. The van der Waals surface area contributed by atoms with Gasteiger partial charge in [0.2, 0.25) is 25.1 Å². The molecule has 0 bridgehead atoms. The number of methoxy groups -OCH3 is 1. The van der Waals surface area contributed by atoms with Crippen LogP contribution in [0.15, 0.2) is 87.3 Å². The number of halogens is 2. The third-order valence-corrected chi connectivity index (χ3v) is 8.68. The minimum atomic E-state index is -2.62. The molecule has 1 saturated heterocycles. The number of likely N-dealkylation sites (tertiary alicyclic amines) is 1. The quantitative estimate of drug-likeness (QED) is 0.183. The summed E-state index contributed by atoms with van der Waals surface area (Å²) >= 11 is 1.89. The van der Waals surface area contributed by atoms with E-state index in [0.717, 1.165) is 43.2 Å². The highest BCUT2D eigenvalue weighted by molar-refractivity contribution is 7.99. The molecule has 2 aliphatic rings. The van der Waals surface area contributed by atoms with Crippen LogP contribution in [-0.2, 0) is 23.9 Å². The molecule has 9 nitrogen and oxygen atoms in total. The lowest BCUT2D eigenvalue weighted by Crippen LogP contribution is -2.39. The number of rotatable bonds is 11. The smallest absolute Gasteiger partial charge is 0.345 e. The van der Waals surface area contributed by atoms with Crippen molar-refractivity contribution in [2.75, 3.05) is 26.7 Å². The number of nitrogens with one attached hydrogen (secondary N) is 3. The van der Waals surface area contributed by atoms with Gasteiger partial charge in [0.15, 0.2) is 0 Å². The Kier molecular flexibility index (Phi) is 20.9. The van der Waals surface area contributed by atoms with Crippen molar-refractivity contribution in [3.63, 3.8) is 0 Å². The zero-order valence-electron chi connectivity index (χ0n) is 29.4. The fourth-order valence-corrected chi connectivity index (χ4v) is 6.14. The molecular weight excluding hydrogens is 650 g/mol. The fourth-order valence-electron chi connectivity index (χ4n) is 4.91. The summed E-state index contributed by atoms with van der Waals surface area (Å²) in [6.45, 7) is 11.3. The normalized spacial score (nSPS) is 15.9. The number of benzene rings is 2. The highest BCUT2D eigenvalue weighted by Crippen LogP contribution is 2.45. The van der Waals surface area contributed by atoms with Gasteiger partial charge in [-0.1, -0.05) is 71.8 Å². The summed E-state index contributed by atoms with van der Waals surface area (Å²) in [7, 11) is 0.949. The predicted octanol–water partition coefficient (Wildman–Crippen LogP) is 6.48. The maximum Gasteiger partial charge on any atom is 0.345 e. The van der Waals surface area contributed by atoms with Crippen LogP contribution in [-0.4, -0.2) is 69.4 Å². The van der Waals surface area contributed by atoms with Crippen LogP contribution in [0.3, 0.4) is 0 Å². The topological polar surface area (TPSA) is 117 Å². The van der Waals surface area contributed by atoms with Crippen molar-refractivity contribution >= 4 is 36.9 Å². The molecular formula is C37H50F2N4O5S. The standard InChI is InChI=1S/C15H14S.C12H18N2O2.C8H14N2O2.C2H4F2O/c1-10-7-8-15-13(9-10)11(2)12-5-3-4-6-14(12)16-15;1-10(2)12(4-5-13-8-15)6-11(3)7-14-9-16;1-7-3-2-4-10(7)8(12)5-9-6-11;1-5-2(3)4/h3-9,11H,1-2H3;4-6,8-9H,7H2,1-3H3,(H,13,15)(H,14,16);6-7H,2-5H2,1H3,(H,9,11);2H,1H3/b;5-4-,11-6+;;. The van der Waals surface area contributed by atoms with Gasteiger partial charge in [-0.05, 0) is 82.4 Å². The number of hydrogen-bond donors (Lipinski definition) is 3. The molecule has 2 heterocycles. The molecule has 0 spiro atoms. The molecule has 1 fully saturated rings. The second kappa shape index (κ2) is 23.9. The second-order valence-corrected chi connectivity index (χ2v) is 12.6. The van der Waals surface area contributed by atoms with E-state index in [1.165, 1.54) is 26.5 Å². The molecule has 2 aliphatic heterocycles. The summed E-state index contributed by atoms with van der Waals surface area (Å²) in [5.41, 5.74) is 7.48. The average molecular weight is 701 g/mol. The highest BCUT2D eigenvalue weighted by atomic mass is 32.2. The number of alkyl halides is 2. The molecule has 4 rings (SSSR count). The number of hydrogen-bond acceptors (Lipinski definition) is 6. The molecule has 49 heavy (non-hydrogen) atoms. The highest BCUT2D eigenvalue weighted by Gasteiger charge is 2.24. The number of ether oxygens (including phenoxy) is 1. The Bertz CT molecular complexity index is 1440. The molecule has 2 atom stereocenters. The van der Waals surface area contributed by atoms with E-state index in [4.69, 9.17) is 0 Å². The van der Waals surface area contributed by atoms with Gasteiger partial charge in [0.05, 0.1) is 6.54 Å². The monoisotopic (exact) mass is 700 g/mol. The number of fused-ring (bicyclic) bond motifs is 2. The molecule has 3 N–H and O–H groups in total. The van der Waals surface area contributed by atoms with E-state index in [2.05, 4.69) is 77.0 Å². The molecule has 0 radical (unpaired) electrons. The van der Waals surface area contributed by atoms with E-state index in [1.54, 1.807) is 6.20 Å². The summed E-state index contributed by atoms with van der Waals surface area (Å²) in [4.78, 5) is 46.1. The van der Waals surface area contributed by atoms with Gasteiger partial charge in [0.25, 0.3) is 0 Å². The zero-order chi connectivity index (χ0) is 36.8. The van der Waals surface area contributed by atoms with Crippen molar-refractivity contribution < 1.29 is 32.7 Å². The minimum absolute atomic E-state index is 0.0205. The average Bonchev–Trinajstić information content (AvgIpc) is 3.53. The molecule has 0 aromatic heterocycles. The Morgan fingerprint density at radius 3 is 2.18 bits per heavy atom. The van der Waals surface area contributed by atoms with E-state index in [1.807, 2.05) is 56.5 Å². The third-order valence-electron chi connectivity index (χ3n) is 7.50. The largest absolute Gasteiger partial charge is 0.355 e. The molecule has 2 aromatic rings. The Hall–Kier alpha value is -4.29. The molecule has 2 aromatic carbocycles. The number of amides is 4. The van der Waals surface area contributed by atoms with Crippen molar-refractivity contribution in [2.24, 2.45) is 0 Å². The first kappa shape index (κ1) is 42.7. The Morgan fingerprint density at radius 1 is 0.980 bits per heavy atom. The van der Waals surface area contributed by atoms with Crippen LogP contribution in [0.1, 0.15) is 70.1 Å². The van der Waals surface area contributed by atoms with E-state index in [0.29, 0.717) is 37.7 Å². The van der Waals surface area contributed by atoms with Gasteiger partial charge >= 0.3 is 6.61 Å². The van der Waals surface area contributed by atoms with Crippen molar-refractivity contribution in [1.29, 1.82) is 0 Å². The van der Waals surface area contributed by atoms with Crippen LogP contribution >= 0.6 is 11.8 Å². The van der Waals surface area contributed by atoms with E-state index < -0.39 is 6.61 Å². The van der Waals surface area contributed by atoms with Gasteiger partial charge in [-0.2, -0.15) is 8.78 Å². The fraction of sp³-hybridized carbons (Fsp3) is 0.405. The van der Waals surface area contributed by atoms with Crippen LogP contribution in [0.5, 0.6) is 0 Å². The minimum Gasteiger partial charge on any atom is -0.355 e. The third kappa shape index (κ3) is 16.1. The van der Waals surface area contributed by atoms with Crippen molar-refractivity contribution in [1.82, 2.24) is 20.9 Å². The molecule has 0 aliphatic carbocycles. The Morgan fingerprint density at radius 2 is 1.61 bits per heavy atom. The lowest BCUT2D eigenvalue weighted by Gasteiger charge is -2.25. The van der Waals surface area contributed by atoms with E-state index in [-0.39, 0.29) is 12.5 Å². The number of nitrogens with zero attached hydrogens (tertiary/aromatic N) is 1. The summed E-state index contributed by atoms with van der Waals surface area (Å²) in [5, 5.41) is 7.42. The van der Waals surface area contributed by atoms with Crippen molar-refractivity contribution in [2.45, 2.75) is 82.7 Å². The van der Waals surface area contributed by atoms with Gasteiger partial charge in [-0.3, -0.25) is 19.2 Å². The molecule has 12 heteroatoms. The van der Waals surface area contributed by atoms with Crippen molar-refractivity contribution in [3.05, 3.63) is 94.2 Å². The number of aryl methyl sites for hydroxylation is 1. The Balaban J connectivity index is 0.000000347. The zero-order valence-corrected chi connectivity index (χ0v) is 30.2. The number of carbonyl (C=O) groups excluding carboxylic acids is 4. The lowest BCUT2D eigenvalue weighted by atomic mass is 9.91. The molecule has 2 unspecified atom stereocenters. The van der Waals surface area contributed by atoms with Gasteiger partial charge in [0, 0.05) is 48.1 Å². The summed E-state index contributed by atoms with van der Waals surface area (Å²) in [6, 6.07) is 15.8. The van der Waals surface area contributed by atoms with Crippen molar-refractivity contribution in [3.8, 4) is 0 Å². The van der Waals surface area contributed by atoms with Gasteiger partial charge in [-0.15, -0.1) is 0 Å². The van der Waals surface area contributed by atoms with Gasteiger partial charge in [0.1, 0.15) is 0 Å². The van der Waals surface area contributed by atoms with E-state index >= 15 is 0 Å². The first-order chi connectivity index (χ1) is 23.4. The second-order valence-electron chi connectivity index (χ2n) is 11.5. The number of carbonyl (C=O) groups is 4. The maximum atomic E-state index is 11.3. The van der Waals surface area contributed by atoms with Crippen LogP contribution in [0.25, 0.3) is 0 Å². The first-order valence-electron chi connectivity index (χ1n) is 15.9. The van der Waals surface area contributed by atoms with Gasteiger partial charge in [-0.25, -0.2) is 0 Å². The van der Waals surface area contributed by atoms with Crippen LogP contribution in [0.4, 0.5) is 8.78 Å². The summed E-state index contributed by atoms with van der Waals surface area (Å²) in [5.74, 6) is 0.541. The van der Waals surface area contributed by atoms with Crippen LogP contribution in [0.2, 0.25) is 0 Å². The van der Waals surface area contributed by atoms with E-state index in [9.17, 15) is 28.0 Å². The maximum absolute atomic E-state index is 11.3. The molecule has 268 valence electrons. The predicted molar refractivity (Wildman–Crippen MR) is 191 cm³/mol. The summed E-state index contributed by atoms with van der Waals surface area (Å²) in [6.07, 6.45) is 9.35. The SMILES string of the molecule is CC(C)=C(/C=C\NC=O)/C=C(\C)CNC=O.CC1CCCN1C(=O)CNC=O.COC(F)F.Cc1ccc2c(c1)C(C)c1ccccc1S2. The molecule has 4 amide bonds. The van der Waals surface area contributed by atoms with Crippen LogP contribution in [0, 0.1) is 6.92 Å². The summed E-state index contributed by atoms with van der Waals surface area (Å²) < 4.78 is 24.5. The molecule has 0 saturated carbocycles. The Labute approximate surface area is 293 Å². The lowest BCUT2D eigenvalue weighted by molar-refractivity contribution is -0.131. The van der Waals surface area contributed by atoms with Crippen LogP contribution < -0.4 is 16.0 Å². The van der Waals surface area contributed by atoms with Gasteiger partial charge < -0.3 is 25.6 Å². The first-order valence-corrected chi connectivity index (χ1v) is 16.7.